The largest absolute Gasteiger partial charge is 0.378 e. The first-order chi connectivity index (χ1) is 17.1. The Kier molecular flexibility index (Phi) is 6.64. The molecule has 2 aromatic heterocycles. The number of hydrogen-bond acceptors (Lipinski definition) is 9. The number of aromatic nitrogens is 4. The van der Waals surface area contributed by atoms with Gasteiger partial charge in [0, 0.05) is 19.6 Å². The number of fused-ring (bicyclic) bond motifs is 2. The molecule has 0 saturated carbocycles. The molecule has 1 N–H and O–H groups in total. The number of carbonyl (C=O) groups is 3. The minimum atomic E-state index is -0.452. The van der Waals surface area contributed by atoms with Crippen LogP contribution in [0.4, 0.5) is 5.82 Å². The molecule has 0 radical (unpaired) electrons. The van der Waals surface area contributed by atoms with Gasteiger partial charge < -0.3 is 15.0 Å². The van der Waals surface area contributed by atoms with Crippen molar-refractivity contribution in [3.63, 3.8) is 0 Å². The van der Waals surface area contributed by atoms with Crippen LogP contribution in [0.2, 0.25) is 0 Å². The number of hydrogen-bond donors (Lipinski definition) is 1. The Morgan fingerprint density at radius 3 is 2.51 bits per heavy atom. The Bertz CT molecular complexity index is 1250. The van der Waals surface area contributed by atoms with Crippen molar-refractivity contribution >= 4 is 46.3 Å². The van der Waals surface area contributed by atoms with Crippen molar-refractivity contribution in [2.24, 2.45) is 0 Å². The molecule has 0 aliphatic carbocycles. The highest BCUT2D eigenvalue weighted by Gasteiger charge is 2.36. The average molecular weight is 496 g/mol. The predicted molar refractivity (Wildman–Crippen MR) is 130 cm³/mol. The van der Waals surface area contributed by atoms with Crippen molar-refractivity contribution < 1.29 is 19.1 Å². The maximum Gasteiger partial charge on any atom is 0.262 e. The summed E-state index contributed by atoms with van der Waals surface area (Å²) in [6, 6.07) is 6.57. The van der Waals surface area contributed by atoms with Crippen molar-refractivity contribution in [1.29, 1.82) is 0 Å². The number of nitrogens with one attached hydrogen (secondary N) is 1. The van der Waals surface area contributed by atoms with E-state index in [4.69, 9.17) is 9.72 Å². The summed E-state index contributed by atoms with van der Waals surface area (Å²) in [7, 11) is 0. The maximum atomic E-state index is 12.5. The molecule has 182 valence electrons. The molecule has 35 heavy (non-hydrogen) atoms. The van der Waals surface area contributed by atoms with Crippen LogP contribution < -0.4 is 10.2 Å². The second-order valence-corrected chi connectivity index (χ2v) is 9.29. The zero-order valence-corrected chi connectivity index (χ0v) is 20.1. The minimum Gasteiger partial charge on any atom is -0.378 e. The average Bonchev–Trinajstić information content (AvgIpc) is 3.39. The molecule has 1 fully saturated rings. The van der Waals surface area contributed by atoms with Crippen LogP contribution in [0, 0.1) is 0 Å². The Balaban J connectivity index is 1.25. The monoisotopic (exact) mass is 495 g/mol. The third kappa shape index (κ3) is 4.58. The van der Waals surface area contributed by atoms with Crippen LogP contribution in [0.1, 0.15) is 27.6 Å². The van der Waals surface area contributed by atoms with Crippen LogP contribution in [0.5, 0.6) is 0 Å². The number of ether oxygens (including phenoxy) is 1. The fourth-order valence-corrected chi connectivity index (χ4v) is 4.74. The van der Waals surface area contributed by atoms with E-state index < -0.39 is 17.7 Å². The molecule has 1 aromatic carbocycles. The summed E-state index contributed by atoms with van der Waals surface area (Å²) in [4.78, 5) is 50.1. The lowest BCUT2D eigenvalue weighted by Crippen LogP contribution is -2.41. The van der Waals surface area contributed by atoms with E-state index in [1.54, 1.807) is 46.9 Å². The van der Waals surface area contributed by atoms with E-state index in [-0.39, 0.29) is 13.1 Å². The van der Waals surface area contributed by atoms with Gasteiger partial charge in [0.25, 0.3) is 11.8 Å². The van der Waals surface area contributed by atoms with E-state index in [0.29, 0.717) is 41.7 Å². The van der Waals surface area contributed by atoms with Gasteiger partial charge in [0.05, 0.1) is 42.5 Å². The van der Waals surface area contributed by atoms with Gasteiger partial charge in [-0.3, -0.25) is 19.3 Å². The van der Waals surface area contributed by atoms with Crippen molar-refractivity contribution in [3.8, 4) is 0 Å². The van der Waals surface area contributed by atoms with Gasteiger partial charge in [0.15, 0.2) is 10.8 Å². The fourth-order valence-electron chi connectivity index (χ4n) is 4.18. The van der Waals surface area contributed by atoms with Crippen LogP contribution in [-0.4, -0.2) is 87.5 Å². The molecule has 3 aromatic rings. The molecule has 2 aliphatic rings. The van der Waals surface area contributed by atoms with Crippen molar-refractivity contribution in [3.05, 3.63) is 41.6 Å². The van der Waals surface area contributed by atoms with Crippen LogP contribution >= 0.6 is 11.8 Å². The second-order valence-electron chi connectivity index (χ2n) is 8.06. The van der Waals surface area contributed by atoms with E-state index in [1.807, 2.05) is 6.92 Å². The van der Waals surface area contributed by atoms with Gasteiger partial charge in [-0.05, 0) is 17.9 Å². The molecule has 0 bridgehead atoms. The summed E-state index contributed by atoms with van der Waals surface area (Å²) in [5, 5.41) is 8.79. The Hall–Kier alpha value is -3.51. The van der Waals surface area contributed by atoms with Gasteiger partial charge in [0.1, 0.15) is 12.4 Å². The molecule has 12 heteroatoms. The molecular weight excluding hydrogens is 470 g/mol. The minimum absolute atomic E-state index is 0.270. The fraction of sp³-hybridized carbons (Fsp3) is 0.391. The molecule has 11 nitrogen and oxygen atoms in total. The third-order valence-electron chi connectivity index (χ3n) is 5.87. The van der Waals surface area contributed by atoms with Crippen molar-refractivity contribution in [1.82, 2.24) is 30.0 Å². The zero-order chi connectivity index (χ0) is 24.4. The first-order valence-electron chi connectivity index (χ1n) is 11.5. The lowest BCUT2D eigenvalue weighted by atomic mass is 10.1. The summed E-state index contributed by atoms with van der Waals surface area (Å²) >= 11 is 1.56. The van der Waals surface area contributed by atoms with E-state index in [2.05, 4.69) is 20.3 Å². The summed E-state index contributed by atoms with van der Waals surface area (Å²) in [5.41, 5.74) is 1.35. The van der Waals surface area contributed by atoms with E-state index in [0.717, 1.165) is 34.9 Å². The van der Waals surface area contributed by atoms with E-state index in [1.165, 1.54) is 0 Å². The quantitative estimate of drug-likeness (QED) is 0.279. The summed E-state index contributed by atoms with van der Waals surface area (Å²) in [6.45, 7) is 5.17. The highest BCUT2D eigenvalue weighted by molar-refractivity contribution is 7.99. The number of anilines is 1. The van der Waals surface area contributed by atoms with Gasteiger partial charge in [-0.15, -0.1) is 0 Å². The Morgan fingerprint density at radius 2 is 1.83 bits per heavy atom. The summed E-state index contributed by atoms with van der Waals surface area (Å²) in [6.07, 6.45) is 1.75. The Morgan fingerprint density at radius 1 is 1.11 bits per heavy atom. The molecule has 1 saturated heterocycles. The normalized spacial score (nSPS) is 15.7. The van der Waals surface area contributed by atoms with Gasteiger partial charge >= 0.3 is 0 Å². The number of thioether (sulfide) groups is 1. The first-order valence-corrected chi connectivity index (χ1v) is 12.5. The van der Waals surface area contributed by atoms with E-state index in [9.17, 15) is 14.4 Å². The smallest absolute Gasteiger partial charge is 0.262 e. The number of nitrogens with zero attached hydrogens (tertiary/aromatic N) is 6. The molecule has 2 aliphatic heterocycles. The Labute approximate surface area is 205 Å². The summed E-state index contributed by atoms with van der Waals surface area (Å²) < 4.78 is 7.21. The molecule has 0 unspecified atom stereocenters. The number of benzene rings is 1. The number of rotatable bonds is 8. The van der Waals surface area contributed by atoms with Gasteiger partial charge in [0.2, 0.25) is 5.91 Å². The standard InChI is InChI=1S/C23H25N7O4S/c1-2-35-23-26-19(28-9-11-34-12-10-28)17-13-25-30(20(17)27-23)8-7-24-18(31)14-29-21(32)15-5-3-4-6-16(15)22(29)33/h3-6,13H,2,7-12,14H2,1H3,(H,24,31). The topological polar surface area (TPSA) is 123 Å². The lowest BCUT2D eigenvalue weighted by Gasteiger charge is -2.28. The van der Waals surface area contributed by atoms with Gasteiger partial charge in [-0.2, -0.15) is 5.10 Å². The number of imide groups is 1. The molecule has 5 rings (SSSR count). The number of amides is 3. The van der Waals surface area contributed by atoms with Crippen molar-refractivity contribution in [2.45, 2.75) is 18.6 Å². The van der Waals surface area contributed by atoms with E-state index >= 15 is 0 Å². The van der Waals surface area contributed by atoms with Crippen molar-refractivity contribution in [2.75, 3.05) is 50.0 Å². The highest BCUT2D eigenvalue weighted by Crippen LogP contribution is 2.28. The number of carbonyl (C=O) groups excluding carboxylic acids is 3. The highest BCUT2D eigenvalue weighted by atomic mass is 32.2. The zero-order valence-electron chi connectivity index (χ0n) is 19.3. The van der Waals surface area contributed by atoms with Gasteiger partial charge in [-0.25, -0.2) is 14.6 Å². The van der Waals surface area contributed by atoms with Gasteiger partial charge in [-0.1, -0.05) is 30.8 Å². The molecule has 0 spiro atoms. The molecule has 0 atom stereocenters. The maximum absolute atomic E-state index is 12.5. The molecule has 4 heterocycles. The van der Waals surface area contributed by atoms with Crippen LogP contribution in [0.15, 0.2) is 35.6 Å². The number of morpholine rings is 1. The predicted octanol–water partition coefficient (Wildman–Crippen LogP) is 1.19. The first kappa shape index (κ1) is 23.2. The van der Waals surface area contributed by atoms with Crippen LogP contribution in [0.3, 0.4) is 0 Å². The van der Waals surface area contributed by atoms with Crippen LogP contribution in [-0.2, 0) is 16.1 Å². The SMILES string of the molecule is CCSc1nc(N2CCOCC2)c2cnn(CCNC(=O)CN3C(=O)c4ccccc4C3=O)c2n1. The lowest BCUT2D eigenvalue weighted by molar-refractivity contribution is -0.121. The summed E-state index contributed by atoms with van der Waals surface area (Å²) in [5.74, 6) is 0.368. The van der Waals surface area contributed by atoms with Crippen LogP contribution in [0.25, 0.3) is 11.0 Å². The molecular formula is C23H25N7O4S. The molecule has 3 amide bonds. The second kappa shape index (κ2) is 10.0. The third-order valence-corrected chi connectivity index (χ3v) is 6.59.